The zero-order valence-corrected chi connectivity index (χ0v) is 15.0. The Bertz CT molecular complexity index is 646. The molecular formula is C15H23ClN6S. The van der Waals surface area contributed by atoms with E-state index in [1.54, 1.807) is 11.3 Å². The van der Waals surface area contributed by atoms with Gasteiger partial charge in [0, 0.05) is 30.1 Å². The van der Waals surface area contributed by atoms with Gasteiger partial charge in [0.1, 0.15) is 16.7 Å². The van der Waals surface area contributed by atoms with Crippen LogP contribution in [0.5, 0.6) is 0 Å². The summed E-state index contributed by atoms with van der Waals surface area (Å²) in [4.78, 5) is 7.09. The third-order valence-electron chi connectivity index (χ3n) is 4.63. The van der Waals surface area contributed by atoms with Gasteiger partial charge in [-0.3, -0.25) is 4.90 Å². The fourth-order valence-electron chi connectivity index (χ4n) is 3.43. The van der Waals surface area contributed by atoms with Gasteiger partial charge in [0.25, 0.3) is 0 Å². The van der Waals surface area contributed by atoms with Gasteiger partial charge in [0.2, 0.25) is 0 Å². The smallest absolute Gasteiger partial charge is 0.147 e. The fraction of sp³-hybridized carbons (Fsp3) is 0.667. The minimum absolute atomic E-state index is 0. The van der Waals surface area contributed by atoms with E-state index >= 15 is 0 Å². The first-order valence-corrected chi connectivity index (χ1v) is 8.93. The molecule has 1 saturated heterocycles. The second-order valence-electron chi connectivity index (χ2n) is 6.24. The van der Waals surface area contributed by atoms with Crippen molar-refractivity contribution < 1.29 is 0 Å². The Morgan fingerprint density at radius 3 is 2.83 bits per heavy atom. The average Bonchev–Trinajstić information content (AvgIpc) is 3.14. The van der Waals surface area contributed by atoms with Crippen molar-refractivity contribution in [2.24, 2.45) is 0 Å². The van der Waals surface area contributed by atoms with Gasteiger partial charge in [-0.1, -0.05) is 0 Å². The van der Waals surface area contributed by atoms with Gasteiger partial charge in [0.05, 0.1) is 13.1 Å². The van der Waals surface area contributed by atoms with Crippen LogP contribution >= 0.6 is 23.7 Å². The highest BCUT2D eigenvalue weighted by Gasteiger charge is 2.27. The molecule has 4 rings (SSSR count). The first-order chi connectivity index (χ1) is 10.8. The number of piperidine rings is 1. The summed E-state index contributed by atoms with van der Waals surface area (Å²) in [5.74, 6) is 2.87. The molecule has 2 aliphatic heterocycles. The lowest BCUT2D eigenvalue weighted by Gasteiger charge is -2.31. The normalized spacial score (nSPS) is 19.3. The van der Waals surface area contributed by atoms with E-state index in [9.17, 15) is 0 Å². The van der Waals surface area contributed by atoms with Crippen molar-refractivity contribution in [2.45, 2.75) is 45.3 Å². The summed E-state index contributed by atoms with van der Waals surface area (Å²) in [6.45, 7) is 8.21. The first kappa shape index (κ1) is 16.8. The quantitative estimate of drug-likeness (QED) is 0.912. The lowest BCUT2D eigenvalue weighted by Crippen LogP contribution is -2.34. The van der Waals surface area contributed by atoms with Gasteiger partial charge in [0.15, 0.2) is 0 Å². The minimum atomic E-state index is 0. The molecule has 4 heterocycles. The summed E-state index contributed by atoms with van der Waals surface area (Å²) in [6.07, 6.45) is 2.35. The number of likely N-dealkylation sites (tertiary alicyclic amines) is 1. The molecule has 6 nitrogen and oxygen atoms in total. The molecule has 0 saturated carbocycles. The van der Waals surface area contributed by atoms with Crippen LogP contribution in [0.4, 0.5) is 0 Å². The van der Waals surface area contributed by atoms with E-state index in [0.717, 1.165) is 50.8 Å². The molecule has 2 aromatic heterocycles. The predicted octanol–water partition coefficient (Wildman–Crippen LogP) is 1.95. The third-order valence-corrected chi connectivity index (χ3v) is 5.58. The number of fused-ring (bicyclic) bond motifs is 1. The zero-order chi connectivity index (χ0) is 14.9. The Morgan fingerprint density at radius 2 is 2.09 bits per heavy atom. The summed E-state index contributed by atoms with van der Waals surface area (Å²) in [5, 5.41) is 15.6. The van der Waals surface area contributed by atoms with Gasteiger partial charge in [-0.25, -0.2) is 4.98 Å². The molecular weight excluding hydrogens is 332 g/mol. The second kappa shape index (κ2) is 7.25. The average molecular weight is 355 g/mol. The molecule has 0 aliphatic carbocycles. The van der Waals surface area contributed by atoms with Crippen LogP contribution in [0.2, 0.25) is 0 Å². The number of rotatable bonds is 3. The molecule has 23 heavy (non-hydrogen) atoms. The van der Waals surface area contributed by atoms with E-state index in [1.165, 1.54) is 23.7 Å². The minimum Gasteiger partial charge on any atom is -0.312 e. The Hall–Kier alpha value is -1.02. The highest BCUT2D eigenvalue weighted by molar-refractivity contribution is 7.09. The molecule has 1 N–H and O–H groups in total. The van der Waals surface area contributed by atoms with Gasteiger partial charge >= 0.3 is 0 Å². The molecule has 126 valence electrons. The molecule has 0 aromatic carbocycles. The summed E-state index contributed by atoms with van der Waals surface area (Å²) in [7, 11) is 0. The van der Waals surface area contributed by atoms with Crippen LogP contribution in [-0.2, 0) is 19.6 Å². The number of aromatic nitrogens is 4. The van der Waals surface area contributed by atoms with Crippen molar-refractivity contribution in [3.8, 4) is 0 Å². The molecule has 8 heteroatoms. The highest BCUT2D eigenvalue weighted by Crippen LogP contribution is 2.28. The number of hydrogen-bond donors (Lipinski definition) is 1. The van der Waals surface area contributed by atoms with Crippen molar-refractivity contribution in [3.05, 3.63) is 27.7 Å². The maximum Gasteiger partial charge on any atom is 0.147 e. The Balaban J connectivity index is 0.00000156. The van der Waals surface area contributed by atoms with Gasteiger partial charge < -0.3 is 9.88 Å². The van der Waals surface area contributed by atoms with Crippen molar-refractivity contribution in [1.82, 2.24) is 30.0 Å². The number of hydrogen-bond acceptors (Lipinski definition) is 6. The molecule has 0 amide bonds. The summed E-state index contributed by atoms with van der Waals surface area (Å²) in [5.41, 5.74) is 1.14. The van der Waals surface area contributed by atoms with E-state index < -0.39 is 0 Å². The molecule has 2 aliphatic rings. The number of thiazole rings is 1. The van der Waals surface area contributed by atoms with Crippen LogP contribution in [0.1, 0.15) is 41.1 Å². The Morgan fingerprint density at radius 1 is 1.26 bits per heavy atom. The first-order valence-electron chi connectivity index (χ1n) is 8.05. The largest absolute Gasteiger partial charge is 0.312 e. The van der Waals surface area contributed by atoms with Crippen LogP contribution in [0, 0.1) is 6.92 Å². The van der Waals surface area contributed by atoms with Crippen molar-refractivity contribution >= 4 is 23.7 Å². The molecule has 1 fully saturated rings. The molecule has 2 aromatic rings. The lowest BCUT2D eigenvalue weighted by atomic mass is 9.96. The van der Waals surface area contributed by atoms with Crippen LogP contribution in [-0.4, -0.2) is 44.3 Å². The van der Waals surface area contributed by atoms with Gasteiger partial charge in [-0.05, 0) is 32.9 Å². The van der Waals surface area contributed by atoms with Crippen LogP contribution in [0.25, 0.3) is 0 Å². The lowest BCUT2D eigenvalue weighted by molar-refractivity contribution is 0.199. The van der Waals surface area contributed by atoms with Crippen LogP contribution in [0.3, 0.4) is 0 Å². The number of aryl methyl sites for hydroxylation is 1. The van der Waals surface area contributed by atoms with Crippen molar-refractivity contribution in [2.75, 3.05) is 19.6 Å². The van der Waals surface area contributed by atoms with E-state index in [4.69, 9.17) is 0 Å². The summed E-state index contributed by atoms with van der Waals surface area (Å²) in [6, 6.07) is 0. The van der Waals surface area contributed by atoms with E-state index in [1.807, 2.05) is 0 Å². The topological polar surface area (TPSA) is 58.9 Å². The van der Waals surface area contributed by atoms with Crippen LogP contribution < -0.4 is 5.32 Å². The van der Waals surface area contributed by atoms with Crippen LogP contribution in [0.15, 0.2) is 5.38 Å². The second-order valence-corrected chi connectivity index (χ2v) is 7.18. The van der Waals surface area contributed by atoms with Crippen molar-refractivity contribution in [3.63, 3.8) is 0 Å². The standard InChI is InChI=1S/C15H22N6S.ClH/c1-11-10-22-14(17-11)9-20-5-2-12(3-6-20)15-19-18-13-8-16-4-7-21(13)15;/h10,12,16H,2-9H2,1H3;1H. The maximum absolute atomic E-state index is 4.57. The maximum atomic E-state index is 4.57. The molecule has 0 spiro atoms. The van der Waals surface area contributed by atoms with Gasteiger partial charge in [-0.2, -0.15) is 0 Å². The molecule has 0 radical (unpaired) electrons. The third kappa shape index (κ3) is 3.57. The summed E-state index contributed by atoms with van der Waals surface area (Å²) >= 11 is 1.77. The number of nitrogens with zero attached hydrogens (tertiary/aromatic N) is 5. The summed E-state index contributed by atoms with van der Waals surface area (Å²) < 4.78 is 2.33. The Labute approximate surface area is 146 Å². The predicted molar refractivity (Wildman–Crippen MR) is 93.1 cm³/mol. The number of halogens is 1. The highest BCUT2D eigenvalue weighted by atomic mass is 35.5. The molecule has 0 bridgehead atoms. The van der Waals surface area contributed by atoms with E-state index in [0.29, 0.717) is 5.92 Å². The monoisotopic (exact) mass is 354 g/mol. The van der Waals surface area contributed by atoms with E-state index in [2.05, 4.69) is 42.3 Å². The number of nitrogens with one attached hydrogen (secondary N) is 1. The van der Waals surface area contributed by atoms with E-state index in [-0.39, 0.29) is 12.4 Å². The molecule has 0 atom stereocenters. The Kier molecular flexibility index (Phi) is 5.31. The zero-order valence-electron chi connectivity index (χ0n) is 13.4. The van der Waals surface area contributed by atoms with Crippen molar-refractivity contribution in [1.29, 1.82) is 0 Å². The fourth-order valence-corrected chi connectivity index (χ4v) is 4.25. The van der Waals surface area contributed by atoms with Gasteiger partial charge in [-0.15, -0.1) is 33.9 Å². The molecule has 0 unspecified atom stereocenters. The SMILES string of the molecule is Cc1csc(CN2CCC(c3nnc4n3CCNC4)CC2)n1.Cl.